The summed E-state index contributed by atoms with van der Waals surface area (Å²) in [6.07, 6.45) is -1.27. The molecule has 1 rings (SSSR count). The topological polar surface area (TPSA) is 75.7 Å². The van der Waals surface area contributed by atoms with Gasteiger partial charge in [-0.05, 0) is 5.92 Å². The molecule has 0 radical (unpaired) electrons. The highest BCUT2D eigenvalue weighted by molar-refractivity contribution is 6.11. The molecule has 1 aliphatic heterocycles. The molecule has 4 N–H and O–H groups in total. The lowest BCUT2D eigenvalue weighted by Gasteiger charge is -2.40. The second-order valence-corrected chi connectivity index (χ2v) is 3.49. The molecule has 1 saturated heterocycles. The molecule has 1 aliphatic rings. The summed E-state index contributed by atoms with van der Waals surface area (Å²) in [6.45, 7) is 1.76. The Morgan fingerprint density at radius 3 is 2.67 bits per heavy atom. The molecule has 0 aliphatic carbocycles. The molecule has 5 heteroatoms. The van der Waals surface area contributed by atoms with Crippen molar-refractivity contribution in [3.05, 3.63) is 0 Å². The average molecular weight is 173 g/mol. The van der Waals surface area contributed by atoms with Crippen LogP contribution in [0.3, 0.4) is 0 Å². The molecule has 12 heavy (non-hydrogen) atoms. The van der Waals surface area contributed by atoms with Crippen molar-refractivity contribution in [3.63, 3.8) is 0 Å². The minimum Gasteiger partial charge on any atom is -0.394 e. The van der Waals surface area contributed by atoms with Gasteiger partial charge in [-0.2, -0.15) is 0 Å². The van der Waals surface area contributed by atoms with Crippen molar-refractivity contribution in [2.24, 2.45) is 11.7 Å². The van der Waals surface area contributed by atoms with E-state index in [0.29, 0.717) is 0 Å². The van der Waals surface area contributed by atoms with Crippen LogP contribution in [0.25, 0.3) is 0 Å². The Morgan fingerprint density at radius 1 is 1.58 bits per heavy atom. The van der Waals surface area contributed by atoms with Crippen LogP contribution in [0.1, 0.15) is 6.92 Å². The standard InChI is InChI=1S/C7H16BNO3/c1-3-5(9)6(11)4(2-10)12-7(3)8/h3-7,10-11H,2,8-9H2,1H3/t3-,4?,5?,6+,7?/m0/s1. The van der Waals surface area contributed by atoms with Crippen LogP contribution in [0.15, 0.2) is 0 Å². The van der Waals surface area contributed by atoms with E-state index < -0.39 is 12.2 Å². The highest BCUT2D eigenvalue weighted by Crippen LogP contribution is 2.22. The van der Waals surface area contributed by atoms with E-state index >= 15 is 0 Å². The van der Waals surface area contributed by atoms with Crippen molar-refractivity contribution in [2.45, 2.75) is 31.2 Å². The number of aliphatic hydroxyl groups is 2. The van der Waals surface area contributed by atoms with Gasteiger partial charge in [0.15, 0.2) is 0 Å². The lowest BCUT2D eigenvalue weighted by atomic mass is 9.78. The molecule has 0 aromatic rings. The van der Waals surface area contributed by atoms with E-state index in [4.69, 9.17) is 15.6 Å². The molecule has 5 atom stereocenters. The Hall–Kier alpha value is -0.0951. The van der Waals surface area contributed by atoms with Gasteiger partial charge >= 0.3 is 0 Å². The summed E-state index contributed by atoms with van der Waals surface area (Å²) < 4.78 is 5.35. The second kappa shape index (κ2) is 3.74. The average Bonchev–Trinajstić information content (AvgIpc) is 2.08. The Labute approximate surface area is 73.1 Å². The van der Waals surface area contributed by atoms with Gasteiger partial charge in [-0.25, -0.2) is 0 Å². The number of hydrogen-bond acceptors (Lipinski definition) is 4. The van der Waals surface area contributed by atoms with Crippen LogP contribution in [0.4, 0.5) is 0 Å². The molecular weight excluding hydrogens is 157 g/mol. The number of nitrogens with two attached hydrogens (primary N) is 1. The van der Waals surface area contributed by atoms with Gasteiger partial charge in [0.1, 0.15) is 14.0 Å². The van der Waals surface area contributed by atoms with Gasteiger partial charge in [0, 0.05) is 12.0 Å². The first kappa shape index (κ1) is 9.99. The smallest absolute Gasteiger partial charge is 0.139 e. The molecule has 1 fully saturated rings. The van der Waals surface area contributed by atoms with Crippen molar-refractivity contribution in [3.8, 4) is 0 Å². The van der Waals surface area contributed by atoms with Gasteiger partial charge in [-0.1, -0.05) is 6.92 Å². The van der Waals surface area contributed by atoms with Crippen molar-refractivity contribution in [1.82, 2.24) is 0 Å². The first-order valence-electron chi connectivity index (χ1n) is 4.28. The van der Waals surface area contributed by atoms with Gasteiger partial charge in [0.25, 0.3) is 0 Å². The summed E-state index contributed by atoms with van der Waals surface area (Å²) in [6, 6.07) is -0.300. The zero-order valence-corrected chi connectivity index (χ0v) is 7.47. The Balaban J connectivity index is 2.63. The molecule has 1 heterocycles. The molecule has 0 bridgehead atoms. The lowest BCUT2D eigenvalue weighted by Crippen LogP contribution is -2.58. The highest BCUT2D eigenvalue weighted by atomic mass is 16.5. The summed E-state index contributed by atoms with van der Waals surface area (Å²) in [5.74, 6) is 0.128. The number of aliphatic hydroxyl groups excluding tert-OH is 2. The van der Waals surface area contributed by atoms with Gasteiger partial charge in [0.2, 0.25) is 0 Å². The van der Waals surface area contributed by atoms with Crippen molar-refractivity contribution >= 4 is 7.85 Å². The molecule has 3 unspecified atom stereocenters. The van der Waals surface area contributed by atoms with Crippen LogP contribution in [-0.2, 0) is 4.74 Å². The maximum absolute atomic E-state index is 9.52. The van der Waals surface area contributed by atoms with Crippen LogP contribution in [0.2, 0.25) is 0 Å². The van der Waals surface area contributed by atoms with Crippen LogP contribution in [0, 0.1) is 5.92 Å². The van der Waals surface area contributed by atoms with Gasteiger partial charge < -0.3 is 20.7 Å². The molecule has 0 aromatic heterocycles. The van der Waals surface area contributed by atoms with E-state index in [0.717, 1.165) is 0 Å². The Bertz CT molecular complexity index is 153. The molecule has 0 saturated carbocycles. The molecular formula is C7H16BNO3. The Kier molecular flexibility index (Phi) is 3.12. The minimum absolute atomic E-state index is 0.000509. The molecule has 70 valence electrons. The number of rotatable bonds is 1. The van der Waals surface area contributed by atoms with Crippen molar-refractivity contribution in [1.29, 1.82) is 0 Å². The molecule has 0 amide bonds. The normalized spacial score (nSPS) is 49.2. The lowest BCUT2D eigenvalue weighted by molar-refractivity contribution is -0.138. The quantitative estimate of drug-likeness (QED) is 0.388. The number of ether oxygens (including phenoxy) is 1. The van der Waals surface area contributed by atoms with E-state index in [1.807, 2.05) is 14.8 Å². The maximum Gasteiger partial charge on any atom is 0.139 e. The van der Waals surface area contributed by atoms with Gasteiger partial charge in [0.05, 0.1) is 12.7 Å². The number of hydrogen-bond donors (Lipinski definition) is 3. The van der Waals surface area contributed by atoms with E-state index in [9.17, 15) is 5.11 Å². The summed E-state index contributed by atoms with van der Waals surface area (Å²) >= 11 is 0. The molecule has 4 nitrogen and oxygen atoms in total. The fourth-order valence-corrected chi connectivity index (χ4v) is 1.50. The molecule has 0 aromatic carbocycles. The van der Waals surface area contributed by atoms with Crippen LogP contribution < -0.4 is 5.73 Å². The molecule has 0 spiro atoms. The van der Waals surface area contributed by atoms with Crippen LogP contribution in [-0.4, -0.2) is 48.9 Å². The van der Waals surface area contributed by atoms with Crippen molar-refractivity contribution in [2.75, 3.05) is 6.61 Å². The van der Waals surface area contributed by atoms with E-state index in [1.54, 1.807) is 0 Å². The summed E-state index contributed by atoms with van der Waals surface area (Å²) in [7, 11) is 1.90. The second-order valence-electron chi connectivity index (χ2n) is 3.49. The first-order chi connectivity index (χ1) is 5.57. The predicted octanol–water partition coefficient (Wildman–Crippen LogP) is -2.34. The first-order valence-corrected chi connectivity index (χ1v) is 4.28. The van der Waals surface area contributed by atoms with Crippen LogP contribution >= 0.6 is 0 Å². The minimum atomic E-state index is -0.749. The zero-order valence-electron chi connectivity index (χ0n) is 7.47. The fourth-order valence-electron chi connectivity index (χ4n) is 1.50. The maximum atomic E-state index is 9.52. The van der Waals surface area contributed by atoms with E-state index in [-0.39, 0.29) is 24.6 Å². The third-order valence-corrected chi connectivity index (χ3v) is 2.69. The van der Waals surface area contributed by atoms with Gasteiger partial charge in [-0.15, -0.1) is 0 Å². The third-order valence-electron chi connectivity index (χ3n) is 2.69. The summed E-state index contributed by atoms with van der Waals surface area (Å²) in [5, 5.41) is 18.4. The van der Waals surface area contributed by atoms with Gasteiger partial charge in [-0.3, -0.25) is 0 Å². The SMILES string of the molecule is BC1OC(CO)[C@@H](O)C(N)[C@@H]1C. The summed E-state index contributed by atoms with van der Waals surface area (Å²) in [4.78, 5) is 0. The monoisotopic (exact) mass is 173 g/mol. The summed E-state index contributed by atoms with van der Waals surface area (Å²) in [5.41, 5.74) is 5.74. The highest BCUT2D eigenvalue weighted by Gasteiger charge is 2.38. The fraction of sp³-hybridized carbons (Fsp3) is 1.00. The predicted molar refractivity (Wildman–Crippen MR) is 47.4 cm³/mol. The largest absolute Gasteiger partial charge is 0.394 e. The third kappa shape index (κ3) is 1.64. The van der Waals surface area contributed by atoms with Crippen LogP contribution in [0.5, 0.6) is 0 Å². The van der Waals surface area contributed by atoms with Crippen molar-refractivity contribution < 1.29 is 14.9 Å². The zero-order chi connectivity index (χ0) is 9.30. The Morgan fingerprint density at radius 2 is 2.17 bits per heavy atom. The van der Waals surface area contributed by atoms with E-state index in [1.165, 1.54) is 0 Å². The van der Waals surface area contributed by atoms with E-state index in [2.05, 4.69) is 0 Å².